The monoisotopic (exact) mass is 393 g/mol. The highest BCUT2D eigenvalue weighted by Crippen LogP contribution is 2.36. The summed E-state index contributed by atoms with van der Waals surface area (Å²) < 4.78 is 44.2. The lowest BCUT2D eigenvalue weighted by Crippen LogP contribution is -2.26. The minimum atomic E-state index is -4.50. The van der Waals surface area contributed by atoms with Crippen molar-refractivity contribution in [2.24, 2.45) is 0 Å². The summed E-state index contributed by atoms with van der Waals surface area (Å²) in [4.78, 5) is 12.4. The van der Waals surface area contributed by atoms with Crippen LogP contribution in [0.15, 0.2) is 65.1 Å². The fourth-order valence-corrected chi connectivity index (χ4v) is 2.80. The van der Waals surface area contributed by atoms with E-state index in [2.05, 4.69) is 5.32 Å². The molecule has 0 fully saturated rings. The second-order valence-electron chi connectivity index (χ2n) is 5.96. The molecule has 1 heterocycles. The van der Waals surface area contributed by atoms with E-state index in [0.717, 1.165) is 23.8 Å². The third-order valence-electron chi connectivity index (χ3n) is 4.04. The van der Waals surface area contributed by atoms with E-state index in [9.17, 15) is 18.0 Å². The van der Waals surface area contributed by atoms with Crippen molar-refractivity contribution in [2.45, 2.75) is 19.1 Å². The minimum Gasteiger partial charge on any atom is -0.451 e. The van der Waals surface area contributed by atoms with Crippen molar-refractivity contribution in [1.82, 2.24) is 5.32 Å². The van der Waals surface area contributed by atoms with Gasteiger partial charge in [0.15, 0.2) is 5.76 Å². The maximum atomic E-state index is 12.9. The maximum absolute atomic E-state index is 12.9. The highest BCUT2D eigenvalue weighted by molar-refractivity contribution is 6.33. The molecule has 27 heavy (non-hydrogen) atoms. The van der Waals surface area contributed by atoms with Crippen molar-refractivity contribution in [3.05, 3.63) is 82.6 Å². The predicted molar refractivity (Wildman–Crippen MR) is 96.5 cm³/mol. The number of carbonyl (C=O) groups is 1. The van der Waals surface area contributed by atoms with Gasteiger partial charge < -0.3 is 9.73 Å². The Bertz CT molecular complexity index is 951. The summed E-state index contributed by atoms with van der Waals surface area (Å²) in [5.74, 6) is -0.398. The number of carbonyl (C=O) groups excluding carboxylic acids is 1. The van der Waals surface area contributed by atoms with Crippen molar-refractivity contribution >= 4 is 17.5 Å². The van der Waals surface area contributed by atoms with Gasteiger partial charge in [0.05, 0.1) is 16.6 Å². The molecule has 3 rings (SSSR count). The number of hydrogen-bond donors (Lipinski definition) is 1. The first-order chi connectivity index (χ1) is 12.8. The second-order valence-corrected chi connectivity index (χ2v) is 6.37. The normalized spacial score (nSPS) is 12.6. The first-order valence-electron chi connectivity index (χ1n) is 8.08. The van der Waals surface area contributed by atoms with E-state index < -0.39 is 17.6 Å². The molecule has 0 aliphatic heterocycles. The molecular weight excluding hydrogens is 379 g/mol. The molecule has 0 bridgehead atoms. The van der Waals surface area contributed by atoms with Crippen LogP contribution in [-0.4, -0.2) is 5.91 Å². The summed E-state index contributed by atoms with van der Waals surface area (Å²) in [5.41, 5.74) is 0.141. The van der Waals surface area contributed by atoms with Gasteiger partial charge in [-0.05, 0) is 42.8 Å². The number of benzene rings is 2. The molecule has 1 atom stereocenters. The molecule has 2 aromatic carbocycles. The summed E-state index contributed by atoms with van der Waals surface area (Å²) in [6.45, 7) is 1.82. The lowest BCUT2D eigenvalue weighted by Gasteiger charge is -2.13. The summed E-state index contributed by atoms with van der Waals surface area (Å²) >= 11 is 6.01. The molecule has 1 amide bonds. The number of halogens is 4. The smallest absolute Gasteiger partial charge is 0.416 e. The lowest BCUT2D eigenvalue weighted by atomic mass is 10.1. The van der Waals surface area contributed by atoms with Gasteiger partial charge in [-0.3, -0.25) is 4.79 Å². The third kappa shape index (κ3) is 4.34. The molecule has 0 radical (unpaired) electrons. The molecule has 0 spiro atoms. The summed E-state index contributed by atoms with van der Waals surface area (Å²) in [6, 6.07) is 14.8. The SMILES string of the molecule is C[C@@H](NC(=O)c1ccc(-c2cc(C(F)(F)F)ccc2Cl)o1)c1ccccc1. The largest absolute Gasteiger partial charge is 0.451 e. The van der Waals surface area contributed by atoms with Crippen molar-refractivity contribution < 1.29 is 22.4 Å². The Hall–Kier alpha value is -2.73. The molecule has 0 unspecified atom stereocenters. The summed E-state index contributed by atoms with van der Waals surface area (Å²) in [6.07, 6.45) is -4.50. The van der Waals surface area contributed by atoms with Crippen LogP contribution in [0.5, 0.6) is 0 Å². The van der Waals surface area contributed by atoms with Crippen molar-refractivity contribution in [2.75, 3.05) is 0 Å². The molecule has 7 heteroatoms. The standard InChI is InChI=1S/C20H15ClF3NO2/c1-12(13-5-3-2-4-6-13)25-19(26)18-10-9-17(27-18)15-11-14(20(22,23)24)7-8-16(15)21/h2-12H,1H3,(H,25,26)/t12-/m1/s1. The van der Waals surface area contributed by atoms with E-state index in [1.807, 2.05) is 37.3 Å². The van der Waals surface area contributed by atoms with Gasteiger partial charge in [0.1, 0.15) is 5.76 Å². The Labute approximate surface area is 158 Å². The molecule has 3 aromatic rings. The summed E-state index contributed by atoms with van der Waals surface area (Å²) in [7, 11) is 0. The van der Waals surface area contributed by atoms with Crippen LogP contribution in [0, 0.1) is 0 Å². The quantitative estimate of drug-likeness (QED) is 0.581. The van der Waals surface area contributed by atoms with E-state index in [4.69, 9.17) is 16.0 Å². The van der Waals surface area contributed by atoms with Crippen LogP contribution in [0.1, 0.15) is 34.6 Å². The van der Waals surface area contributed by atoms with Crippen molar-refractivity contribution in [1.29, 1.82) is 0 Å². The molecular formula is C20H15ClF3NO2. The number of nitrogens with one attached hydrogen (secondary N) is 1. The number of hydrogen-bond acceptors (Lipinski definition) is 2. The highest BCUT2D eigenvalue weighted by atomic mass is 35.5. The van der Waals surface area contributed by atoms with Crippen LogP contribution >= 0.6 is 11.6 Å². The molecule has 1 aromatic heterocycles. The maximum Gasteiger partial charge on any atom is 0.416 e. The van der Waals surface area contributed by atoms with Gasteiger partial charge in [0.25, 0.3) is 5.91 Å². The van der Waals surface area contributed by atoms with E-state index in [-0.39, 0.29) is 28.1 Å². The lowest BCUT2D eigenvalue weighted by molar-refractivity contribution is -0.137. The zero-order valence-corrected chi connectivity index (χ0v) is 14.9. The Kier molecular flexibility index (Phi) is 5.28. The van der Waals surface area contributed by atoms with Crippen LogP contribution in [0.25, 0.3) is 11.3 Å². The van der Waals surface area contributed by atoms with Gasteiger partial charge in [0, 0.05) is 5.56 Å². The molecule has 0 aliphatic rings. The second kappa shape index (κ2) is 7.48. The van der Waals surface area contributed by atoms with Crippen LogP contribution in [0.3, 0.4) is 0 Å². The first kappa shape index (κ1) is 19.0. The fourth-order valence-electron chi connectivity index (χ4n) is 2.59. The number of alkyl halides is 3. The highest BCUT2D eigenvalue weighted by Gasteiger charge is 2.31. The van der Waals surface area contributed by atoms with Gasteiger partial charge in [-0.2, -0.15) is 13.2 Å². The van der Waals surface area contributed by atoms with E-state index in [1.54, 1.807) is 0 Å². The van der Waals surface area contributed by atoms with Crippen molar-refractivity contribution in [3.8, 4) is 11.3 Å². The molecule has 0 saturated carbocycles. The van der Waals surface area contributed by atoms with Gasteiger partial charge in [0.2, 0.25) is 0 Å². The average Bonchev–Trinajstić information content (AvgIpc) is 3.12. The van der Waals surface area contributed by atoms with Crippen LogP contribution in [0.4, 0.5) is 13.2 Å². The Balaban J connectivity index is 1.82. The Morgan fingerprint density at radius 2 is 1.78 bits per heavy atom. The molecule has 1 N–H and O–H groups in total. The minimum absolute atomic E-state index is 0.0127. The number of rotatable bonds is 4. The fraction of sp³-hybridized carbons (Fsp3) is 0.150. The van der Waals surface area contributed by atoms with E-state index in [1.165, 1.54) is 12.1 Å². The third-order valence-corrected chi connectivity index (χ3v) is 4.37. The van der Waals surface area contributed by atoms with Gasteiger partial charge in [-0.15, -0.1) is 0 Å². The van der Waals surface area contributed by atoms with Crippen molar-refractivity contribution in [3.63, 3.8) is 0 Å². The Morgan fingerprint density at radius 3 is 2.44 bits per heavy atom. The van der Waals surface area contributed by atoms with E-state index in [0.29, 0.717) is 0 Å². The predicted octanol–water partition coefficient (Wildman–Crippen LogP) is 6.11. The number of furan rings is 1. The topological polar surface area (TPSA) is 42.2 Å². The zero-order chi connectivity index (χ0) is 19.6. The Morgan fingerprint density at radius 1 is 1.07 bits per heavy atom. The van der Waals surface area contributed by atoms with Gasteiger partial charge in [-0.1, -0.05) is 41.9 Å². The van der Waals surface area contributed by atoms with Crippen LogP contribution in [0.2, 0.25) is 5.02 Å². The first-order valence-corrected chi connectivity index (χ1v) is 8.46. The number of amides is 1. The van der Waals surface area contributed by atoms with Crippen LogP contribution in [-0.2, 0) is 6.18 Å². The van der Waals surface area contributed by atoms with Gasteiger partial charge in [-0.25, -0.2) is 0 Å². The molecule has 0 aliphatic carbocycles. The summed E-state index contributed by atoms with van der Waals surface area (Å²) in [5, 5.41) is 2.88. The van der Waals surface area contributed by atoms with Gasteiger partial charge >= 0.3 is 6.18 Å². The van der Waals surface area contributed by atoms with Crippen LogP contribution < -0.4 is 5.32 Å². The molecule has 0 saturated heterocycles. The average molecular weight is 394 g/mol. The van der Waals surface area contributed by atoms with E-state index >= 15 is 0 Å². The molecule has 140 valence electrons. The zero-order valence-electron chi connectivity index (χ0n) is 14.2. The molecule has 3 nitrogen and oxygen atoms in total.